The van der Waals surface area contributed by atoms with E-state index in [0.29, 0.717) is 35.0 Å². The van der Waals surface area contributed by atoms with E-state index in [-0.39, 0.29) is 0 Å². The first kappa shape index (κ1) is 14.4. The second-order valence-electron chi connectivity index (χ2n) is 3.85. The first-order valence-corrected chi connectivity index (χ1v) is 6.45. The monoisotopic (exact) mass is 294 g/mol. The maximum Gasteiger partial charge on any atom is 0.218 e. The van der Waals surface area contributed by atoms with Crippen LogP contribution in [-0.2, 0) is 0 Å². The van der Waals surface area contributed by atoms with Gasteiger partial charge in [0.25, 0.3) is 0 Å². The quantitative estimate of drug-likeness (QED) is 0.793. The van der Waals surface area contributed by atoms with Crippen molar-refractivity contribution in [2.75, 3.05) is 20.8 Å². The first-order chi connectivity index (χ1) is 9.67. The molecule has 1 aromatic heterocycles. The molecule has 5 nitrogen and oxygen atoms in total. The van der Waals surface area contributed by atoms with Gasteiger partial charge in [-0.3, -0.25) is 0 Å². The Hall–Kier alpha value is -2.01. The second-order valence-corrected chi connectivity index (χ2v) is 4.24. The van der Waals surface area contributed by atoms with Crippen molar-refractivity contribution in [3.63, 3.8) is 0 Å². The lowest BCUT2D eigenvalue weighted by molar-refractivity contribution is 0.326. The number of aromatic nitrogens is 2. The predicted molar refractivity (Wildman–Crippen MR) is 76.8 cm³/mol. The molecule has 2 aromatic rings. The normalized spacial score (nSPS) is 10.2. The number of rotatable bonds is 5. The number of benzene rings is 1. The van der Waals surface area contributed by atoms with Gasteiger partial charge < -0.3 is 14.2 Å². The summed E-state index contributed by atoms with van der Waals surface area (Å²) in [4.78, 5) is 8.52. The minimum atomic E-state index is 0.316. The van der Waals surface area contributed by atoms with Crippen molar-refractivity contribution in [1.82, 2.24) is 9.97 Å². The molecule has 0 saturated carbocycles. The minimum Gasteiger partial charge on any atom is -0.497 e. The summed E-state index contributed by atoms with van der Waals surface area (Å²) in [6, 6.07) is 6.96. The Morgan fingerprint density at radius 1 is 1.10 bits per heavy atom. The van der Waals surface area contributed by atoms with Crippen LogP contribution >= 0.6 is 11.6 Å². The SMILES string of the molecule is CCOc1cc(Cl)nc(-c2ccc(OC)cc2OC)n1. The molecule has 0 atom stereocenters. The molecule has 0 saturated heterocycles. The summed E-state index contributed by atoms with van der Waals surface area (Å²) in [5, 5.41) is 0.316. The van der Waals surface area contributed by atoms with Gasteiger partial charge in [0.2, 0.25) is 5.88 Å². The lowest BCUT2D eigenvalue weighted by Gasteiger charge is -2.10. The lowest BCUT2D eigenvalue weighted by atomic mass is 10.1. The molecule has 0 bridgehead atoms. The van der Waals surface area contributed by atoms with E-state index < -0.39 is 0 Å². The van der Waals surface area contributed by atoms with E-state index in [1.165, 1.54) is 0 Å². The summed E-state index contributed by atoms with van der Waals surface area (Å²) in [5.74, 6) is 2.17. The fraction of sp³-hybridized carbons (Fsp3) is 0.286. The van der Waals surface area contributed by atoms with Crippen LogP contribution in [0.5, 0.6) is 17.4 Å². The summed E-state index contributed by atoms with van der Waals surface area (Å²) in [7, 11) is 3.17. The van der Waals surface area contributed by atoms with Crippen LogP contribution in [0.3, 0.4) is 0 Å². The van der Waals surface area contributed by atoms with Crippen LogP contribution in [0.25, 0.3) is 11.4 Å². The van der Waals surface area contributed by atoms with Crippen LogP contribution in [0.2, 0.25) is 5.15 Å². The second kappa shape index (κ2) is 6.43. The van der Waals surface area contributed by atoms with Crippen molar-refractivity contribution >= 4 is 11.6 Å². The fourth-order valence-electron chi connectivity index (χ4n) is 1.72. The summed E-state index contributed by atoms with van der Waals surface area (Å²) in [6.45, 7) is 2.39. The zero-order valence-corrected chi connectivity index (χ0v) is 12.3. The van der Waals surface area contributed by atoms with Crippen LogP contribution in [0.1, 0.15) is 6.92 Å². The molecule has 0 aliphatic carbocycles. The highest BCUT2D eigenvalue weighted by Crippen LogP contribution is 2.32. The Kier molecular flexibility index (Phi) is 4.63. The van der Waals surface area contributed by atoms with Gasteiger partial charge in [0, 0.05) is 12.1 Å². The van der Waals surface area contributed by atoms with Crippen molar-refractivity contribution in [2.45, 2.75) is 6.92 Å². The molecule has 6 heteroatoms. The zero-order chi connectivity index (χ0) is 14.5. The summed E-state index contributed by atoms with van der Waals surface area (Å²) < 4.78 is 15.9. The van der Waals surface area contributed by atoms with Crippen LogP contribution in [0.4, 0.5) is 0 Å². The van der Waals surface area contributed by atoms with Crippen LogP contribution in [-0.4, -0.2) is 30.8 Å². The van der Waals surface area contributed by atoms with Gasteiger partial charge in [-0.1, -0.05) is 11.6 Å². The number of hydrogen-bond donors (Lipinski definition) is 0. The summed E-state index contributed by atoms with van der Waals surface area (Å²) in [5.41, 5.74) is 0.719. The molecule has 0 unspecified atom stereocenters. The summed E-state index contributed by atoms with van der Waals surface area (Å²) >= 11 is 5.99. The molecule has 0 amide bonds. The average molecular weight is 295 g/mol. The van der Waals surface area contributed by atoms with Gasteiger partial charge in [-0.15, -0.1) is 0 Å². The molecule has 0 radical (unpaired) electrons. The van der Waals surface area contributed by atoms with Gasteiger partial charge in [0.05, 0.1) is 26.4 Å². The third-order valence-corrected chi connectivity index (χ3v) is 2.81. The van der Waals surface area contributed by atoms with Gasteiger partial charge in [-0.25, -0.2) is 4.98 Å². The molecule has 0 aliphatic rings. The Morgan fingerprint density at radius 3 is 2.55 bits per heavy atom. The number of ether oxygens (including phenoxy) is 3. The van der Waals surface area contributed by atoms with Crippen molar-refractivity contribution < 1.29 is 14.2 Å². The van der Waals surface area contributed by atoms with Crippen LogP contribution in [0.15, 0.2) is 24.3 Å². The smallest absolute Gasteiger partial charge is 0.218 e. The van der Waals surface area contributed by atoms with E-state index in [9.17, 15) is 0 Å². The molecular weight excluding hydrogens is 280 g/mol. The van der Waals surface area contributed by atoms with Crippen molar-refractivity contribution in [2.24, 2.45) is 0 Å². The van der Waals surface area contributed by atoms with Crippen LogP contribution < -0.4 is 14.2 Å². The number of halogens is 1. The zero-order valence-electron chi connectivity index (χ0n) is 11.5. The lowest BCUT2D eigenvalue weighted by Crippen LogP contribution is -1.99. The minimum absolute atomic E-state index is 0.316. The van der Waals surface area contributed by atoms with E-state index >= 15 is 0 Å². The van der Waals surface area contributed by atoms with E-state index in [0.717, 1.165) is 5.56 Å². The maximum absolute atomic E-state index is 5.99. The van der Waals surface area contributed by atoms with Crippen molar-refractivity contribution in [1.29, 1.82) is 0 Å². The third-order valence-electron chi connectivity index (χ3n) is 2.61. The highest BCUT2D eigenvalue weighted by Gasteiger charge is 2.12. The summed E-state index contributed by atoms with van der Waals surface area (Å²) in [6.07, 6.45) is 0. The highest BCUT2D eigenvalue weighted by molar-refractivity contribution is 6.29. The highest BCUT2D eigenvalue weighted by atomic mass is 35.5. The average Bonchev–Trinajstić information content (AvgIpc) is 2.46. The van der Waals surface area contributed by atoms with E-state index in [1.807, 2.05) is 19.1 Å². The molecule has 20 heavy (non-hydrogen) atoms. The van der Waals surface area contributed by atoms with Crippen molar-refractivity contribution in [3.8, 4) is 28.8 Å². The molecule has 106 valence electrons. The standard InChI is InChI=1S/C14H15ClN2O3/c1-4-20-13-8-12(15)16-14(17-13)10-6-5-9(18-2)7-11(10)19-3/h5-8H,4H2,1-3H3. The number of hydrogen-bond acceptors (Lipinski definition) is 5. The number of methoxy groups -OCH3 is 2. The molecule has 0 spiro atoms. The van der Waals surface area contributed by atoms with Crippen molar-refractivity contribution in [3.05, 3.63) is 29.4 Å². The first-order valence-electron chi connectivity index (χ1n) is 6.07. The van der Waals surface area contributed by atoms with Gasteiger partial charge >= 0.3 is 0 Å². The Balaban J connectivity index is 2.50. The largest absolute Gasteiger partial charge is 0.497 e. The molecule has 1 heterocycles. The fourth-order valence-corrected chi connectivity index (χ4v) is 1.90. The van der Waals surface area contributed by atoms with E-state index in [4.69, 9.17) is 25.8 Å². The Bertz CT molecular complexity index is 605. The molecule has 0 N–H and O–H groups in total. The number of nitrogens with zero attached hydrogens (tertiary/aromatic N) is 2. The Morgan fingerprint density at radius 2 is 1.90 bits per heavy atom. The molecule has 1 aromatic carbocycles. The maximum atomic E-state index is 5.99. The Labute approximate surface area is 122 Å². The van der Waals surface area contributed by atoms with E-state index in [2.05, 4.69) is 9.97 Å². The molecule has 0 fully saturated rings. The van der Waals surface area contributed by atoms with Crippen LogP contribution in [0, 0.1) is 0 Å². The molecular formula is C14H15ClN2O3. The molecule has 0 aliphatic heterocycles. The van der Waals surface area contributed by atoms with Gasteiger partial charge in [-0.05, 0) is 19.1 Å². The molecule has 2 rings (SSSR count). The van der Waals surface area contributed by atoms with Gasteiger partial charge in [0.1, 0.15) is 16.7 Å². The van der Waals surface area contributed by atoms with Gasteiger partial charge in [0.15, 0.2) is 5.82 Å². The predicted octanol–water partition coefficient (Wildman–Crippen LogP) is 3.21. The van der Waals surface area contributed by atoms with Gasteiger partial charge in [-0.2, -0.15) is 4.98 Å². The topological polar surface area (TPSA) is 53.5 Å². The van der Waals surface area contributed by atoms with E-state index in [1.54, 1.807) is 26.4 Å². The third kappa shape index (κ3) is 3.11.